The first kappa shape index (κ1) is 36.2. The highest BCUT2D eigenvalue weighted by Crippen LogP contribution is 2.64. The fourth-order valence-electron chi connectivity index (χ4n) is 2.71. The number of hydrogen-bond acceptors (Lipinski definition) is 3. The highest BCUT2D eigenvalue weighted by molar-refractivity contribution is 7.96. The van der Waals surface area contributed by atoms with Crippen LogP contribution >= 0.6 is 0 Å². The van der Waals surface area contributed by atoms with Crippen LogP contribution in [0.2, 0.25) is 0 Å². The van der Waals surface area contributed by atoms with E-state index < -0.39 is 73.7 Å². The summed E-state index contributed by atoms with van der Waals surface area (Å²) in [5.41, 5.74) is 0. The Morgan fingerprint density at radius 2 is 0.900 bits per heavy atom. The zero-order valence-electron chi connectivity index (χ0n) is 19.2. The molecular formula is C18H14F17O3S2+. The zero-order chi connectivity index (χ0) is 32.2. The third-order valence-electron chi connectivity index (χ3n) is 5.07. The fraction of sp³-hybridized carbons (Fsp3) is 0.667. The van der Waals surface area contributed by atoms with Gasteiger partial charge in [-0.2, -0.15) is 83.1 Å². The number of benzene rings is 1. The largest absolute Gasteiger partial charge is 0.460 e. The quantitative estimate of drug-likeness (QED) is 0.133. The summed E-state index contributed by atoms with van der Waals surface area (Å²) in [5, 5.41) is -7.72. The van der Waals surface area contributed by atoms with Gasteiger partial charge in [-0.25, -0.2) is 0 Å². The first-order valence-corrected chi connectivity index (χ1v) is 12.9. The summed E-state index contributed by atoms with van der Waals surface area (Å²) in [5.74, 6) is -52.3. The van der Waals surface area contributed by atoms with E-state index in [0.29, 0.717) is 28.5 Å². The van der Waals surface area contributed by atoms with Crippen molar-refractivity contribution >= 4 is 21.0 Å². The maximum atomic E-state index is 14.1. The molecule has 40 heavy (non-hydrogen) atoms. The van der Waals surface area contributed by atoms with Crippen molar-refractivity contribution in [1.82, 2.24) is 0 Å². The van der Waals surface area contributed by atoms with E-state index >= 15 is 0 Å². The molecule has 0 spiro atoms. The summed E-state index contributed by atoms with van der Waals surface area (Å²) >= 11 is 0. The first-order valence-electron chi connectivity index (χ1n) is 9.89. The normalized spacial score (nSPS) is 15.5. The molecule has 0 aliphatic heterocycles. The predicted molar refractivity (Wildman–Crippen MR) is 103 cm³/mol. The molecule has 22 heteroatoms. The lowest BCUT2D eigenvalue weighted by Crippen LogP contribution is -2.75. The van der Waals surface area contributed by atoms with Gasteiger partial charge in [0.2, 0.25) is 0 Å². The van der Waals surface area contributed by atoms with E-state index in [9.17, 15) is 83.1 Å². The number of alkyl halides is 17. The molecule has 0 radical (unpaired) electrons. The molecule has 0 amide bonds. The molecule has 1 aromatic carbocycles. The predicted octanol–water partition coefficient (Wildman–Crippen LogP) is 7.38. The van der Waals surface area contributed by atoms with Gasteiger partial charge in [0.1, 0.15) is 17.3 Å². The lowest BCUT2D eigenvalue weighted by atomic mass is 9.91. The van der Waals surface area contributed by atoms with Gasteiger partial charge in [0.15, 0.2) is 4.90 Å². The van der Waals surface area contributed by atoms with E-state index in [2.05, 4.69) is 4.18 Å². The molecule has 0 N–H and O–H groups in total. The topological polar surface area (TPSA) is 43.4 Å². The van der Waals surface area contributed by atoms with Crippen molar-refractivity contribution in [2.75, 3.05) is 11.5 Å². The summed E-state index contributed by atoms with van der Waals surface area (Å²) in [6, 6.07) is 2.94. The third-order valence-corrected chi connectivity index (χ3v) is 8.70. The second-order valence-corrected chi connectivity index (χ2v) is 11.7. The average Bonchev–Trinajstić information content (AvgIpc) is 2.79. The molecule has 0 saturated carbocycles. The minimum Gasteiger partial charge on any atom is -0.378 e. The molecule has 0 aliphatic rings. The Morgan fingerprint density at radius 3 is 1.23 bits per heavy atom. The van der Waals surface area contributed by atoms with Crippen molar-refractivity contribution in [2.24, 2.45) is 0 Å². The molecule has 234 valence electrons. The van der Waals surface area contributed by atoms with Gasteiger partial charge in [0.05, 0.1) is 0 Å². The van der Waals surface area contributed by atoms with Crippen molar-refractivity contribution in [3.63, 3.8) is 0 Å². The van der Waals surface area contributed by atoms with Crippen molar-refractivity contribution in [1.29, 1.82) is 0 Å². The highest BCUT2D eigenvalue weighted by Gasteiger charge is 2.96. The van der Waals surface area contributed by atoms with E-state index in [1.54, 1.807) is 13.8 Å². The van der Waals surface area contributed by atoms with E-state index in [1.165, 1.54) is 0 Å². The van der Waals surface area contributed by atoms with Crippen LogP contribution in [0.3, 0.4) is 0 Å². The Labute approximate surface area is 216 Å². The maximum Gasteiger partial charge on any atom is 0.460 e. The molecule has 0 aromatic heterocycles. The van der Waals surface area contributed by atoms with Crippen LogP contribution in [0, 0.1) is 0 Å². The van der Waals surface area contributed by atoms with Crippen LogP contribution in [0.1, 0.15) is 13.8 Å². The van der Waals surface area contributed by atoms with E-state index in [4.69, 9.17) is 0 Å². The van der Waals surface area contributed by atoms with Gasteiger partial charge >= 0.3 is 57.1 Å². The molecule has 0 heterocycles. The number of hydrogen-bond donors (Lipinski definition) is 0. The molecule has 0 saturated heterocycles. The lowest BCUT2D eigenvalue weighted by Gasteiger charge is -2.42. The summed E-state index contributed by atoms with van der Waals surface area (Å²) in [6.45, 7) is 3.37. The van der Waals surface area contributed by atoms with Crippen molar-refractivity contribution in [3.05, 3.63) is 24.3 Å². The fourth-order valence-corrected chi connectivity index (χ4v) is 5.22. The summed E-state index contributed by atoms with van der Waals surface area (Å²) in [4.78, 5) is 0.400. The summed E-state index contributed by atoms with van der Waals surface area (Å²) in [7, 11) is -8.17. The standard InChI is InChI=1S/C18H14F17O3S2/c1-3-39(4-2)10-7-5-9(6-8-10)38-40(36,37)18(34,35)16(29,30)14(25,26)12(21,22)11(19,20)13(23,24)15(27,28)17(31,32)33/h5-8H,3-4H2,1-2H3/q+1. The molecule has 0 aliphatic carbocycles. The van der Waals surface area contributed by atoms with Crippen molar-refractivity contribution in [2.45, 2.75) is 65.7 Å². The Hall–Kier alpha value is -1.87. The van der Waals surface area contributed by atoms with Crippen LogP contribution in [0.25, 0.3) is 0 Å². The third kappa shape index (κ3) is 5.14. The van der Waals surface area contributed by atoms with Gasteiger partial charge in [0.25, 0.3) is 0 Å². The van der Waals surface area contributed by atoms with Gasteiger partial charge in [-0.3, -0.25) is 0 Å². The Bertz CT molecular complexity index is 1140. The molecule has 0 fully saturated rings. The second kappa shape index (κ2) is 10.4. The van der Waals surface area contributed by atoms with Crippen molar-refractivity contribution < 1.29 is 87.2 Å². The maximum absolute atomic E-state index is 14.1. The minimum atomic E-state index is -8.89. The molecule has 1 aromatic rings. The summed E-state index contributed by atoms with van der Waals surface area (Å²) < 4.78 is 253. The smallest absolute Gasteiger partial charge is 0.378 e. The Kier molecular flexibility index (Phi) is 9.44. The van der Waals surface area contributed by atoms with Gasteiger partial charge < -0.3 is 4.18 Å². The van der Waals surface area contributed by atoms with Crippen LogP contribution < -0.4 is 4.18 Å². The van der Waals surface area contributed by atoms with E-state index in [1.807, 2.05) is 0 Å². The molecule has 0 bridgehead atoms. The van der Waals surface area contributed by atoms with Crippen LogP contribution in [0.5, 0.6) is 5.75 Å². The Morgan fingerprint density at radius 1 is 0.575 bits per heavy atom. The monoisotopic (exact) mass is 665 g/mol. The molecule has 1 rings (SSSR count). The molecule has 0 atom stereocenters. The van der Waals surface area contributed by atoms with Gasteiger partial charge in [-0.1, -0.05) is 0 Å². The molecular weight excluding hydrogens is 651 g/mol. The van der Waals surface area contributed by atoms with Crippen molar-refractivity contribution in [3.8, 4) is 5.75 Å². The lowest BCUT2D eigenvalue weighted by molar-refractivity contribution is -0.458. The number of rotatable bonds is 12. The number of halogens is 17. The SMILES string of the molecule is CC[S+](CC)c1ccc(OS(=O)(=O)C(F)(F)C(F)(F)C(F)(F)C(F)(F)C(F)(F)C(F)(F)C(F)(F)C(F)(F)F)cc1. The molecule has 0 unspecified atom stereocenters. The van der Waals surface area contributed by atoms with Crippen LogP contribution in [0.4, 0.5) is 74.6 Å². The highest BCUT2D eigenvalue weighted by atomic mass is 32.2. The van der Waals surface area contributed by atoms with Crippen LogP contribution in [0.15, 0.2) is 29.2 Å². The zero-order valence-corrected chi connectivity index (χ0v) is 20.8. The molecule has 3 nitrogen and oxygen atoms in total. The van der Waals surface area contributed by atoms with Crippen LogP contribution in [-0.4, -0.2) is 66.9 Å². The van der Waals surface area contributed by atoms with Gasteiger partial charge in [-0.15, -0.1) is 0 Å². The van der Waals surface area contributed by atoms with E-state index in [-0.39, 0.29) is 0 Å². The van der Waals surface area contributed by atoms with Gasteiger partial charge in [-0.05, 0) is 38.1 Å². The Balaban J connectivity index is 3.60. The first-order chi connectivity index (χ1) is 17.5. The van der Waals surface area contributed by atoms with E-state index in [0.717, 1.165) is 12.1 Å². The summed E-state index contributed by atoms with van der Waals surface area (Å²) in [6.07, 6.45) is -7.89. The average molecular weight is 665 g/mol. The van der Waals surface area contributed by atoms with Gasteiger partial charge in [0, 0.05) is 10.9 Å². The minimum absolute atomic E-state index is 0.400. The second-order valence-electron chi connectivity index (χ2n) is 7.54. The van der Waals surface area contributed by atoms with Crippen LogP contribution in [-0.2, 0) is 21.0 Å².